The first-order valence-electron chi connectivity index (χ1n) is 3.14. The molecule has 0 aliphatic carbocycles. The molecule has 1 rings (SSSR count). The maximum Gasteiger partial charge on any atom is 0.313 e. The Morgan fingerprint density at radius 1 is 1.75 bits per heavy atom. The van der Waals surface area contributed by atoms with E-state index in [4.69, 9.17) is 16.7 Å². The smallest absolute Gasteiger partial charge is 0.313 e. The molecule has 0 saturated heterocycles. The van der Waals surface area contributed by atoms with E-state index >= 15 is 0 Å². The largest absolute Gasteiger partial charge is 0.481 e. The van der Waals surface area contributed by atoms with Crippen LogP contribution in [0.4, 0.5) is 0 Å². The molecule has 0 amide bonds. The first-order chi connectivity index (χ1) is 5.68. The molecule has 0 aliphatic heterocycles. The van der Waals surface area contributed by atoms with Gasteiger partial charge in [0.2, 0.25) is 0 Å². The molecule has 0 atom stereocenters. The molecular weight excluding hydrogens is 198 g/mol. The number of carboxylic acids is 1. The number of carboxylic acid groups (broad SMARTS) is 1. The van der Waals surface area contributed by atoms with Gasteiger partial charge in [0.15, 0.2) is 0 Å². The van der Waals surface area contributed by atoms with Gasteiger partial charge in [0, 0.05) is 11.1 Å². The Morgan fingerprint density at radius 3 is 3.08 bits per heavy atom. The summed E-state index contributed by atoms with van der Waals surface area (Å²) >= 11 is 6.81. The van der Waals surface area contributed by atoms with Gasteiger partial charge in [-0.05, 0) is 12.1 Å². The minimum atomic E-state index is -0.840. The number of carbonyl (C=O) groups is 1. The highest BCUT2D eigenvalue weighted by atomic mass is 35.5. The number of aromatic nitrogens is 1. The molecule has 1 heterocycles. The SMILES string of the molecule is O=C(O)CSc1ccnc(Cl)c1. The third kappa shape index (κ3) is 3.11. The number of hydrogen-bond acceptors (Lipinski definition) is 3. The summed E-state index contributed by atoms with van der Waals surface area (Å²) in [7, 11) is 0. The van der Waals surface area contributed by atoms with Crippen LogP contribution >= 0.6 is 23.4 Å². The van der Waals surface area contributed by atoms with Gasteiger partial charge in [-0.2, -0.15) is 0 Å². The summed E-state index contributed by atoms with van der Waals surface area (Å²) < 4.78 is 0. The molecule has 3 nitrogen and oxygen atoms in total. The number of hydrogen-bond donors (Lipinski definition) is 1. The zero-order valence-electron chi connectivity index (χ0n) is 6.03. The maximum atomic E-state index is 10.2. The van der Waals surface area contributed by atoms with Crippen molar-refractivity contribution in [3.8, 4) is 0 Å². The molecule has 0 saturated carbocycles. The number of aliphatic carboxylic acids is 1. The summed E-state index contributed by atoms with van der Waals surface area (Å²) in [6.45, 7) is 0. The van der Waals surface area contributed by atoms with Crippen molar-refractivity contribution in [2.45, 2.75) is 4.90 Å². The lowest BCUT2D eigenvalue weighted by Gasteiger charge is -1.96. The molecule has 0 spiro atoms. The molecule has 5 heteroatoms. The number of nitrogens with zero attached hydrogens (tertiary/aromatic N) is 1. The fourth-order valence-electron chi connectivity index (χ4n) is 0.620. The molecule has 12 heavy (non-hydrogen) atoms. The Hall–Kier alpha value is -0.740. The monoisotopic (exact) mass is 203 g/mol. The highest BCUT2D eigenvalue weighted by Gasteiger charge is 1.99. The Bertz CT molecular complexity index is 292. The second-order valence-corrected chi connectivity index (χ2v) is 3.43. The van der Waals surface area contributed by atoms with E-state index in [0.717, 1.165) is 4.90 Å². The Morgan fingerprint density at radius 2 is 2.50 bits per heavy atom. The van der Waals surface area contributed by atoms with E-state index in [1.54, 1.807) is 18.3 Å². The second kappa shape index (κ2) is 4.33. The third-order valence-electron chi connectivity index (χ3n) is 1.06. The lowest BCUT2D eigenvalue weighted by molar-refractivity contribution is -0.133. The second-order valence-electron chi connectivity index (χ2n) is 2.00. The molecule has 0 radical (unpaired) electrons. The van der Waals surface area contributed by atoms with Crippen LogP contribution in [0.15, 0.2) is 23.2 Å². The van der Waals surface area contributed by atoms with Gasteiger partial charge in [0.1, 0.15) is 5.15 Å². The van der Waals surface area contributed by atoms with Crippen molar-refractivity contribution < 1.29 is 9.90 Å². The van der Waals surface area contributed by atoms with Crippen molar-refractivity contribution in [1.29, 1.82) is 0 Å². The number of rotatable bonds is 3. The molecule has 0 fully saturated rings. The van der Waals surface area contributed by atoms with Crippen LogP contribution in [0.5, 0.6) is 0 Å². The lowest BCUT2D eigenvalue weighted by atomic mass is 10.5. The average molecular weight is 204 g/mol. The van der Waals surface area contributed by atoms with Gasteiger partial charge in [-0.1, -0.05) is 11.6 Å². The maximum absolute atomic E-state index is 10.2. The summed E-state index contributed by atoms with van der Waals surface area (Å²) in [6, 6.07) is 3.36. The molecule has 0 aromatic carbocycles. The lowest BCUT2D eigenvalue weighted by Crippen LogP contribution is -1.97. The van der Waals surface area contributed by atoms with Crippen molar-refractivity contribution in [2.75, 3.05) is 5.75 Å². The van der Waals surface area contributed by atoms with Gasteiger partial charge in [0.25, 0.3) is 0 Å². The van der Waals surface area contributed by atoms with Crippen molar-refractivity contribution in [3.63, 3.8) is 0 Å². The van der Waals surface area contributed by atoms with Gasteiger partial charge in [-0.25, -0.2) is 4.98 Å². The van der Waals surface area contributed by atoms with Gasteiger partial charge in [0.05, 0.1) is 5.75 Å². The minimum Gasteiger partial charge on any atom is -0.481 e. The van der Waals surface area contributed by atoms with E-state index in [-0.39, 0.29) is 5.75 Å². The van der Waals surface area contributed by atoms with Gasteiger partial charge >= 0.3 is 5.97 Å². The standard InChI is InChI=1S/C7H6ClNO2S/c8-6-3-5(1-2-9-6)12-4-7(10)11/h1-3H,4H2,(H,10,11). The fraction of sp³-hybridized carbons (Fsp3) is 0.143. The quantitative estimate of drug-likeness (QED) is 0.602. The predicted octanol–water partition coefficient (Wildman–Crippen LogP) is 1.91. The molecule has 0 bridgehead atoms. The van der Waals surface area contributed by atoms with Crippen LogP contribution in [0.3, 0.4) is 0 Å². The van der Waals surface area contributed by atoms with Crippen molar-refractivity contribution in [1.82, 2.24) is 4.98 Å². The zero-order valence-corrected chi connectivity index (χ0v) is 7.60. The molecule has 64 valence electrons. The molecular formula is C7H6ClNO2S. The van der Waals surface area contributed by atoms with Crippen LogP contribution in [0.2, 0.25) is 5.15 Å². The summed E-state index contributed by atoms with van der Waals surface area (Å²) in [6.07, 6.45) is 1.55. The van der Waals surface area contributed by atoms with Gasteiger partial charge in [-0.3, -0.25) is 4.79 Å². The van der Waals surface area contributed by atoms with Crippen LogP contribution < -0.4 is 0 Å². The first-order valence-corrected chi connectivity index (χ1v) is 4.51. The first kappa shape index (κ1) is 9.35. The van der Waals surface area contributed by atoms with Crippen LogP contribution in [0.1, 0.15) is 0 Å². The molecule has 1 N–H and O–H groups in total. The van der Waals surface area contributed by atoms with Gasteiger partial charge in [-0.15, -0.1) is 11.8 Å². The average Bonchev–Trinajstić information content (AvgIpc) is 2.01. The molecule has 0 unspecified atom stereocenters. The Balaban J connectivity index is 2.57. The van der Waals surface area contributed by atoms with E-state index in [2.05, 4.69) is 4.98 Å². The molecule has 0 aliphatic rings. The fourth-order valence-corrected chi connectivity index (χ4v) is 1.50. The number of halogens is 1. The minimum absolute atomic E-state index is 0.0420. The van der Waals surface area contributed by atoms with Gasteiger partial charge < -0.3 is 5.11 Å². The predicted molar refractivity (Wildman–Crippen MR) is 47.6 cm³/mol. The highest BCUT2D eigenvalue weighted by Crippen LogP contribution is 2.19. The normalized spacial score (nSPS) is 9.75. The van der Waals surface area contributed by atoms with Crippen molar-refractivity contribution in [2.24, 2.45) is 0 Å². The molecule has 1 aromatic heterocycles. The third-order valence-corrected chi connectivity index (χ3v) is 2.25. The van der Waals surface area contributed by atoms with Crippen LogP contribution in [-0.2, 0) is 4.79 Å². The number of thioether (sulfide) groups is 1. The van der Waals surface area contributed by atoms with Crippen molar-refractivity contribution in [3.05, 3.63) is 23.5 Å². The summed E-state index contributed by atoms with van der Waals surface area (Å²) in [5.74, 6) is -0.798. The number of pyridine rings is 1. The van der Waals surface area contributed by atoms with E-state index in [1.807, 2.05) is 0 Å². The zero-order chi connectivity index (χ0) is 8.97. The topological polar surface area (TPSA) is 50.2 Å². The Labute approximate surface area is 78.8 Å². The summed E-state index contributed by atoms with van der Waals surface area (Å²) in [4.78, 5) is 14.8. The summed E-state index contributed by atoms with van der Waals surface area (Å²) in [5.41, 5.74) is 0. The molecule has 1 aromatic rings. The van der Waals surface area contributed by atoms with E-state index in [9.17, 15) is 4.79 Å². The highest BCUT2D eigenvalue weighted by molar-refractivity contribution is 8.00. The van der Waals surface area contributed by atoms with E-state index < -0.39 is 5.97 Å². The summed E-state index contributed by atoms with van der Waals surface area (Å²) in [5, 5.41) is 8.75. The van der Waals surface area contributed by atoms with Crippen LogP contribution in [0.25, 0.3) is 0 Å². The Kier molecular flexibility index (Phi) is 3.37. The van der Waals surface area contributed by atoms with Crippen LogP contribution in [-0.4, -0.2) is 21.8 Å². The van der Waals surface area contributed by atoms with E-state index in [1.165, 1.54) is 11.8 Å². The van der Waals surface area contributed by atoms with Crippen molar-refractivity contribution >= 4 is 29.3 Å². The van der Waals surface area contributed by atoms with Crippen LogP contribution in [0, 0.1) is 0 Å². The van der Waals surface area contributed by atoms with E-state index in [0.29, 0.717) is 5.15 Å².